The molecule has 14 heavy (non-hydrogen) atoms. The summed E-state index contributed by atoms with van der Waals surface area (Å²) in [5, 5.41) is 7.59. The van der Waals surface area contributed by atoms with Gasteiger partial charge in [0.25, 0.3) is 0 Å². The lowest BCUT2D eigenvalue weighted by atomic mass is 10.3. The molecule has 0 amide bonds. The van der Waals surface area contributed by atoms with Crippen molar-refractivity contribution in [2.75, 3.05) is 13.7 Å². The van der Waals surface area contributed by atoms with Crippen molar-refractivity contribution in [1.29, 1.82) is 0 Å². The molecule has 1 aromatic heterocycles. The Kier molecular flexibility index (Phi) is 4.62. The highest BCUT2D eigenvalue weighted by molar-refractivity contribution is 5.00. The molecule has 4 nitrogen and oxygen atoms in total. The van der Waals surface area contributed by atoms with Gasteiger partial charge in [0.05, 0.1) is 18.8 Å². The number of hydrogen-bond acceptors (Lipinski definition) is 3. The van der Waals surface area contributed by atoms with E-state index in [9.17, 15) is 0 Å². The number of hydrogen-bond donors (Lipinski definition) is 1. The average molecular weight is 197 g/mol. The van der Waals surface area contributed by atoms with Crippen LogP contribution in [-0.2, 0) is 17.8 Å². The molecular formula is C10H19N3O. The van der Waals surface area contributed by atoms with Gasteiger partial charge >= 0.3 is 0 Å². The molecule has 0 saturated carbocycles. The maximum Gasteiger partial charge on any atom is 0.0658 e. The molecule has 0 unspecified atom stereocenters. The zero-order valence-electron chi connectivity index (χ0n) is 9.16. The number of nitrogens with one attached hydrogen (secondary N) is 1. The summed E-state index contributed by atoms with van der Waals surface area (Å²) in [6, 6.07) is 2.53. The van der Waals surface area contributed by atoms with E-state index in [-0.39, 0.29) is 0 Å². The molecule has 0 spiro atoms. The molecule has 0 fully saturated rings. The van der Waals surface area contributed by atoms with Crippen molar-refractivity contribution in [1.82, 2.24) is 15.1 Å². The van der Waals surface area contributed by atoms with E-state index in [1.807, 2.05) is 16.9 Å². The van der Waals surface area contributed by atoms with Gasteiger partial charge in [-0.05, 0) is 6.07 Å². The van der Waals surface area contributed by atoms with Crippen molar-refractivity contribution < 1.29 is 4.74 Å². The van der Waals surface area contributed by atoms with Gasteiger partial charge in [-0.25, -0.2) is 0 Å². The van der Waals surface area contributed by atoms with Gasteiger partial charge in [0.1, 0.15) is 0 Å². The maximum absolute atomic E-state index is 5.01. The van der Waals surface area contributed by atoms with E-state index < -0.39 is 0 Å². The molecule has 1 rings (SSSR count). The minimum atomic E-state index is 0.501. The quantitative estimate of drug-likeness (QED) is 0.740. The molecule has 0 atom stereocenters. The van der Waals surface area contributed by atoms with Crippen LogP contribution in [0.15, 0.2) is 12.3 Å². The molecule has 0 saturated heterocycles. The monoisotopic (exact) mass is 197 g/mol. The summed E-state index contributed by atoms with van der Waals surface area (Å²) < 4.78 is 6.99. The molecular weight excluding hydrogens is 178 g/mol. The van der Waals surface area contributed by atoms with Gasteiger partial charge < -0.3 is 10.1 Å². The Hall–Kier alpha value is -0.870. The average Bonchev–Trinajstić information content (AvgIpc) is 2.58. The van der Waals surface area contributed by atoms with E-state index >= 15 is 0 Å². The van der Waals surface area contributed by atoms with Gasteiger partial charge in [-0.15, -0.1) is 0 Å². The number of aromatic nitrogens is 2. The summed E-state index contributed by atoms with van der Waals surface area (Å²) in [4.78, 5) is 0. The van der Waals surface area contributed by atoms with Crippen LogP contribution in [0, 0.1) is 0 Å². The molecule has 0 aliphatic heterocycles. The van der Waals surface area contributed by atoms with E-state index in [4.69, 9.17) is 4.74 Å². The second-order valence-corrected chi connectivity index (χ2v) is 3.57. The molecule has 0 bridgehead atoms. The number of methoxy groups -OCH3 is 1. The van der Waals surface area contributed by atoms with E-state index in [1.54, 1.807) is 7.11 Å². The fourth-order valence-corrected chi connectivity index (χ4v) is 1.20. The smallest absolute Gasteiger partial charge is 0.0658 e. The van der Waals surface area contributed by atoms with Crippen LogP contribution in [0.25, 0.3) is 0 Å². The Morgan fingerprint density at radius 3 is 3.00 bits per heavy atom. The van der Waals surface area contributed by atoms with Gasteiger partial charge in [0.2, 0.25) is 0 Å². The number of ether oxygens (including phenoxy) is 1. The first-order valence-corrected chi connectivity index (χ1v) is 4.97. The lowest BCUT2D eigenvalue weighted by Gasteiger charge is -2.10. The highest BCUT2D eigenvalue weighted by atomic mass is 16.5. The second-order valence-electron chi connectivity index (χ2n) is 3.57. The normalized spacial score (nSPS) is 11.1. The second kappa shape index (κ2) is 5.78. The van der Waals surface area contributed by atoms with E-state index in [0.717, 1.165) is 13.1 Å². The largest absolute Gasteiger partial charge is 0.383 e. The van der Waals surface area contributed by atoms with Crippen LogP contribution in [-0.4, -0.2) is 29.5 Å². The lowest BCUT2D eigenvalue weighted by molar-refractivity contribution is 0.182. The zero-order chi connectivity index (χ0) is 10.4. The van der Waals surface area contributed by atoms with Gasteiger partial charge in [0.15, 0.2) is 0 Å². The molecule has 0 aliphatic carbocycles. The van der Waals surface area contributed by atoms with Gasteiger partial charge in [-0.2, -0.15) is 5.10 Å². The van der Waals surface area contributed by atoms with Crippen LogP contribution in [0.5, 0.6) is 0 Å². The molecule has 0 radical (unpaired) electrons. The minimum absolute atomic E-state index is 0.501. The first-order chi connectivity index (χ1) is 6.74. The van der Waals surface area contributed by atoms with Crippen molar-refractivity contribution in [3.8, 4) is 0 Å². The first-order valence-electron chi connectivity index (χ1n) is 4.97. The molecule has 1 N–H and O–H groups in total. The molecule has 0 aromatic carbocycles. The summed E-state index contributed by atoms with van der Waals surface area (Å²) in [7, 11) is 1.70. The minimum Gasteiger partial charge on any atom is -0.383 e. The predicted octanol–water partition coefficient (Wildman–Crippen LogP) is 1.03. The fraction of sp³-hybridized carbons (Fsp3) is 0.700. The summed E-state index contributed by atoms with van der Waals surface area (Å²) >= 11 is 0. The molecule has 0 aliphatic rings. The Morgan fingerprint density at radius 2 is 2.36 bits per heavy atom. The molecule has 1 aromatic rings. The van der Waals surface area contributed by atoms with Crippen molar-refractivity contribution >= 4 is 0 Å². The maximum atomic E-state index is 5.01. The third-order valence-electron chi connectivity index (χ3n) is 2.00. The Bertz CT molecular complexity index is 258. The number of nitrogens with zero attached hydrogens (tertiary/aromatic N) is 2. The van der Waals surface area contributed by atoms with E-state index in [0.29, 0.717) is 12.6 Å². The van der Waals surface area contributed by atoms with E-state index in [1.165, 1.54) is 5.69 Å². The Morgan fingerprint density at radius 1 is 1.57 bits per heavy atom. The van der Waals surface area contributed by atoms with Crippen LogP contribution < -0.4 is 5.32 Å². The number of rotatable bonds is 6. The topological polar surface area (TPSA) is 39.1 Å². The summed E-state index contributed by atoms with van der Waals surface area (Å²) in [5.74, 6) is 0. The van der Waals surface area contributed by atoms with Crippen molar-refractivity contribution in [2.45, 2.75) is 33.0 Å². The summed E-state index contributed by atoms with van der Waals surface area (Å²) in [5.41, 5.74) is 1.20. The molecule has 80 valence electrons. The molecule has 4 heteroatoms. The van der Waals surface area contributed by atoms with Crippen LogP contribution in [0.3, 0.4) is 0 Å². The van der Waals surface area contributed by atoms with Crippen molar-refractivity contribution in [3.05, 3.63) is 18.0 Å². The Labute approximate surface area is 85.3 Å². The fourth-order valence-electron chi connectivity index (χ4n) is 1.20. The predicted molar refractivity (Wildman–Crippen MR) is 56.1 cm³/mol. The third kappa shape index (κ3) is 3.47. The first kappa shape index (κ1) is 11.2. The van der Waals surface area contributed by atoms with Crippen LogP contribution in [0.1, 0.15) is 19.5 Å². The summed E-state index contributed by atoms with van der Waals surface area (Å²) in [6.07, 6.45) is 1.83. The SMILES string of the molecule is COCCn1nccc1CNC(C)C. The van der Waals surface area contributed by atoms with Gasteiger partial charge in [-0.3, -0.25) is 4.68 Å². The highest BCUT2D eigenvalue weighted by Crippen LogP contribution is 1.99. The van der Waals surface area contributed by atoms with E-state index in [2.05, 4.69) is 24.3 Å². The van der Waals surface area contributed by atoms with Crippen molar-refractivity contribution in [2.24, 2.45) is 0 Å². The van der Waals surface area contributed by atoms with Gasteiger partial charge in [0, 0.05) is 25.9 Å². The third-order valence-corrected chi connectivity index (χ3v) is 2.00. The standard InChI is InChI=1S/C10H19N3O/c1-9(2)11-8-10-4-5-12-13(10)6-7-14-3/h4-5,9,11H,6-8H2,1-3H3. The molecule has 1 heterocycles. The van der Waals surface area contributed by atoms with Crippen LogP contribution in [0.2, 0.25) is 0 Å². The van der Waals surface area contributed by atoms with Crippen LogP contribution >= 0.6 is 0 Å². The highest BCUT2D eigenvalue weighted by Gasteiger charge is 2.02. The van der Waals surface area contributed by atoms with Crippen LogP contribution in [0.4, 0.5) is 0 Å². The summed E-state index contributed by atoms with van der Waals surface area (Å²) in [6.45, 7) is 6.65. The Balaban J connectivity index is 2.45. The van der Waals surface area contributed by atoms with Gasteiger partial charge in [-0.1, -0.05) is 13.8 Å². The lowest BCUT2D eigenvalue weighted by Crippen LogP contribution is -2.24. The van der Waals surface area contributed by atoms with Crippen molar-refractivity contribution in [3.63, 3.8) is 0 Å². The zero-order valence-corrected chi connectivity index (χ0v) is 9.16.